The minimum Gasteiger partial charge on any atom is -0.468 e. The summed E-state index contributed by atoms with van der Waals surface area (Å²) in [6.45, 7) is 0.240. The van der Waals surface area contributed by atoms with Crippen molar-refractivity contribution < 1.29 is 23.9 Å². The van der Waals surface area contributed by atoms with Crippen molar-refractivity contribution in [2.75, 3.05) is 27.9 Å². The third kappa shape index (κ3) is 2.52. The van der Waals surface area contributed by atoms with Crippen molar-refractivity contribution in [3.63, 3.8) is 0 Å². The molecule has 0 spiro atoms. The van der Waals surface area contributed by atoms with Gasteiger partial charge in [-0.2, -0.15) is 5.06 Å². The number of carbonyl (C=O) groups excluding carboxylic acids is 2. The van der Waals surface area contributed by atoms with E-state index < -0.39 is 23.4 Å². The van der Waals surface area contributed by atoms with Gasteiger partial charge in [0.1, 0.15) is 0 Å². The molecule has 1 saturated heterocycles. The Hall–Kier alpha value is -1.92. The van der Waals surface area contributed by atoms with Crippen LogP contribution in [0.25, 0.3) is 0 Å². The number of hydrogen-bond acceptors (Lipinski definition) is 6. The van der Waals surface area contributed by atoms with Gasteiger partial charge in [0.25, 0.3) is 0 Å². The van der Waals surface area contributed by atoms with Crippen LogP contribution in [0.5, 0.6) is 0 Å². The summed E-state index contributed by atoms with van der Waals surface area (Å²) in [5.41, 5.74) is -0.645. The molecule has 0 N–H and O–H groups in total. The molecule has 1 unspecified atom stereocenters. The second-order valence-electron chi connectivity index (χ2n) is 4.90. The van der Waals surface area contributed by atoms with E-state index in [0.717, 1.165) is 5.56 Å². The number of ether oxygens (including phenoxy) is 2. The lowest BCUT2D eigenvalue weighted by Gasteiger charge is -2.43. The quantitative estimate of drug-likeness (QED) is 0.619. The summed E-state index contributed by atoms with van der Waals surface area (Å²) in [6.07, 6.45) is 0.205. The molecule has 0 saturated carbocycles. The fourth-order valence-corrected chi connectivity index (χ4v) is 2.88. The standard InChI is InChI=1S/C15H19NO5/c1-16-12(11-7-5-4-6-8-11)15(9-10-21-16,13(17)19-2)14(18)20-3/h4-8,12H,9-10H2,1-3H3. The number of benzene rings is 1. The highest BCUT2D eigenvalue weighted by atomic mass is 16.7. The number of methoxy groups -OCH3 is 2. The minimum absolute atomic E-state index is 0.205. The first kappa shape index (κ1) is 15.5. The predicted molar refractivity (Wildman–Crippen MR) is 74.0 cm³/mol. The van der Waals surface area contributed by atoms with Gasteiger partial charge >= 0.3 is 11.9 Å². The van der Waals surface area contributed by atoms with Crippen molar-refractivity contribution in [3.05, 3.63) is 35.9 Å². The van der Waals surface area contributed by atoms with Crippen molar-refractivity contribution in [2.45, 2.75) is 12.5 Å². The average Bonchev–Trinajstić information content (AvgIpc) is 2.53. The van der Waals surface area contributed by atoms with Gasteiger partial charge in [0.15, 0.2) is 5.41 Å². The molecular weight excluding hydrogens is 274 g/mol. The summed E-state index contributed by atoms with van der Waals surface area (Å²) >= 11 is 0. The summed E-state index contributed by atoms with van der Waals surface area (Å²) in [6, 6.07) is 8.64. The van der Waals surface area contributed by atoms with Gasteiger partial charge < -0.3 is 9.47 Å². The van der Waals surface area contributed by atoms with Gasteiger partial charge in [0, 0.05) is 13.5 Å². The van der Waals surface area contributed by atoms with E-state index in [2.05, 4.69) is 0 Å². The van der Waals surface area contributed by atoms with Gasteiger partial charge in [-0.25, -0.2) is 0 Å². The molecule has 1 aliphatic rings. The maximum Gasteiger partial charge on any atom is 0.325 e. The molecule has 0 aliphatic carbocycles. The van der Waals surface area contributed by atoms with Crippen LogP contribution in [0.3, 0.4) is 0 Å². The number of hydroxylamine groups is 2. The molecule has 0 radical (unpaired) electrons. The zero-order chi connectivity index (χ0) is 15.5. The number of carbonyl (C=O) groups is 2. The number of hydrogen-bond donors (Lipinski definition) is 0. The Kier molecular flexibility index (Phi) is 4.59. The summed E-state index contributed by atoms with van der Waals surface area (Å²) in [7, 11) is 4.23. The van der Waals surface area contributed by atoms with E-state index in [-0.39, 0.29) is 13.0 Å². The van der Waals surface area contributed by atoms with Crippen molar-refractivity contribution in [1.29, 1.82) is 0 Å². The van der Waals surface area contributed by atoms with Crippen LogP contribution in [0, 0.1) is 5.41 Å². The highest BCUT2D eigenvalue weighted by molar-refractivity contribution is 6.01. The lowest BCUT2D eigenvalue weighted by atomic mass is 9.73. The van der Waals surface area contributed by atoms with E-state index in [0.29, 0.717) is 0 Å². The van der Waals surface area contributed by atoms with Gasteiger partial charge in [-0.15, -0.1) is 0 Å². The fraction of sp³-hybridized carbons (Fsp3) is 0.467. The molecule has 1 fully saturated rings. The van der Waals surface area contributed by atoms with Crippen LogP contribution in [0.2, 0.25) is 0 Å². The fourth-order valence-electron chi connectivity index (χ4n) is 2.88. The summed E-state index contributed by atoms with van der Waals surface area (Å²) < 4.78 is 9.79. The van der Waals surface area contributed by atoms with E-state index >= 15 is 0 Å². The molecule has 0 amide bonds. The Balaban J connectivity index is 2.58. The van der Waals surface area contributed by atoms with Crippen LogP contribution in [-0.2, 0) is 23.9 Å². The highest BCUT2D eigenvalue weighted by Gasteiger charge is 2.58. The first-order valence-electron chi connectivity index (χ1n) is 6.65. The second-order valence-corrected chi connectivity index (χ2v) is 4.90. The van der Waals surface area contributed by atoms with Crippen molar-refractivity contribution in [1.82, 2.24) is 5.06 Å². The molecule has 1 aliphatic heterocycles. The highest BCUT2D eigenvalue weighted by Crippen LogP contribution is 2.46. The SMILES string of the molecule is COC(=O)C1(C(=O)OC)CCON(C)C1c1ccccc1. The van der Waals surface area contributed by atoms with Crippen LogP contribution in [0.4, 0.5) is 0 Å². The Morgan fingerprint density at radius 3 is 2.29 bits per heavy atom. The van der Waals surface area contributed by atoms with Gasteiger partial charge in [0.2, 0.25) is 0 Å². The number of esters is 2. The van der Waals surface area contributed by atoms with E-state index in [4.69, 9.17) is 14.3 Å². The third-order valence-corrected chi connectivity index (χ3v) is 3.84. The minimum atomic E-state index is -1.43. The average molecular weight is 293 g/mol. The smallest absolute Gasteiger partial charge is 0.325 e. The summed E-state index contributed by atoms with van der Waals surface area (Å²) in [5, 5.41) is 1.52. The molecule has 21 heavy (non-hydrogen) atoms. The molecule has 0 aromatic heterocycles. The Labute approximate surface area is 123 Å². The zero-order valence-corrected chi connectivity index (χ0v) is 12.4. The molecule has 1 aromatic rings. The van der Waals surface area contributed by atoms with E-state index in [1.54, 1.807) is 7.05 Å². The van der Waals surface area contributed by atoms with Crippen LogP contribution in [-0.4, -0.2) is 44.9 Å². The van der Waals surface area contributed by atoms with Gasteiger partial charge in [-0.1, -0.05) is 30.3 Å². The van der Waals surface area contributed by atoms with Crippen LogP contribution >= 0.6 is 0 Å². The third-order valence-electron chi connectivity index (χ3n) is 3.84. The first-order chi connectivity index (χ1) is 10.1. The van der Waals surface area contributed by atoms with E-state index in [1.807, 2.05) is 30.3 Å². The van der Waals surface area contributed by atoms with Crippen LogP contribution < -0.4 is 0 Å². The number of rotatable bonds is 3. The van der Waals surface area contributed by atoms with Crippen molar-refractivity contribution in [3.8, 4) is 0 Å². The first-order valence-corrected chi connectivity index (χ1v) is 6.65. The Morgan fingerprint density at radius 2 is 1.76 bits per heavy atom. The lowest BCUT2D eigenvalue weighted by Crippen LogP contribution is -2.55. The molecule has 1 atom stereocenters. The molecule has 0 bridgehead atoms. The van der Waals surface area contributed by atoms with E-state index in [9.17, 15) is 9.59 Å². The van der Waals surface area contributed by atoms with Gasteiger partial charge in [-0.05, 0) is 5.56 Å². The predicted octanol–water partition coefficient (Wildman–Crippen LogP) is 1.33. The van der Waals surface area contributed by atoms with Gasteiger partial charge in [-0.3, -0.25) is 14.4 Å². The Bertz CT molecular complexity index is 500. The van der Waals surface area contributed by atoms with Crippen LogP contribution in [0.1, 0.15) is 18.0 Å². The van der Waals surface area contributed by atoms with Crippen molar-refractivity contribution >= 4 is 11.9 Å². The van der Waals surface area contributed by atoms with E-state index in [1.165, 1.54) is 19.3 Å². The molecule has 6 nitrogen and oxygen atoms in total. The maximum atomic E-state index is 12.4. The topological polar surface area (TPSA) is 65.1 Å². The maximum absolute atomic E-state index is 12.4. The lowest BCUT2D eigenvalue weighted by molar-refractivity contribution is -0.245. The van der Waals surface area contributed by atoms with Crippen molar-refractivity contribution in [2.24, 2.45) is 5.41 Å². The monoisotopic (exact) mass is 293 g/mol. The van der Waals surface area contributed by atoms with Gasteiger partial charge in [0.05, 0.1) is 26.9 Å². The Morgan fingerprint density at radius 1 is 1.19 bits per heavy atom. The summed E-state index contributed by atoms with van der Waals surface area (Å²) in [5.74, 6) is -1.23. The molecule has 1 aromatic carbocycles. The zero-order valence-electron chi connectivity index (χ0n) is 12.4. The molecule has 2 rings (SSSR count). The van der Waals surface area contributed by atoms with Crippen LogP contribution in [0.15, 0.2) is 30.3 Å². The second kappa shape index (κ2) is 6.24. The molecule has 1 heterocycles. The summed E-state index contributed by atoms with van der Waals surface area (Å²) in [4.78, 5) is 30.3. The normalized spacial score (nSPS) is 21.6. The largest absolute Gasteiger partial charge is 0.468 e. The molecular formula is C15H19NO5. The molecule has 114 valence electrons. The number of nitrogens with zero attached hydrogens (tertiary/aromatic N) is 1. The molecule has 6 heteroatoms.